The fraction of sp³-hybridized carbons (Fsp3) is 0.300. The molecule has 150 valence electrons. The number of hydrogen-bond acceptors (Lipinski definition) is 6. The van der Waals surface area contributed by atoms with Gasteiger partial charge in [0.1, 0.15) is 5.82 Å². The summed E-state index contributed by atoms with van der Waals surface area (Å²) in [6, 6.07) is 11.6. The Kier molecular flexibility index (Phi) is 5.85. The lowest BCUT2D eigenvalue weighted by atomic mass is 10.2. The molecule has 2 N–H and O–H groups in total. The molecule has 0 spiro atoms. The molecule has 1 aromatic carbocycles. The Hall–Kier alpha value is -3.20. The lowest BCUT2D eigenvalue weighted by molar-refractivity contribution is -0.120. The van der Waals surface area contributed by atoms with E-state index in [1.807, 2.05) is 24.3 Å². The molecular weight excluding hydrogens is 388 g/mol. The fourth-order valence-electron chi connectivity index (χ4n) is 3.25. The number of urea groups is 1. The molecule has 1 fully saturated rings. The van der Waals surface area contributed by atoms with Crippen LogP contribution >= 0.6 is 11.5 Å². The van der Waals surface area contributed by atoms with Crippen LogP contribution in [-0.4, -0.2) is 58.9 Å². The average Bonchev–Trinajstić information content (AvgIpc) is 3.21. The van der Waals surface area contributed by atoms with Gasteiger partial charge in [0, 0.05) is 50.5 Å². The molecule has 0 saturated carbocycles. The minimum absolute atomic E-state index is 0.0408. The highest BCUT2D eigenvalue weighted by molar-refractivity contribution is 7.13. The van der Waals surface area contributed by atoms with E-state index in [1.54, 1.807) is 17.3 Å². The van der Waals surface area contributed by atoms with Crippen LogP contribution in [0.4, 0.5) is 10.6 Å². The van der Waals surface area contributed by atoms with E-state index < -0.39 is 0 Å². The topological polar surface area (TPSA) is 90.5 Å². The van der Waals surface area contributed by atoms with E-state index in [9.17, 15) is 9.59 Å². The van der Waals surface area contributed by atoms with Crippen LogP contribution in [-0.2, 0) is 11.3 Å². The number of benzene rings is 1. The van der Waals surface area contributed by atoms with Gasteiger partial charge in [-0.15, -0.1) is 0 Å². The van der Waals surface area contributed by atoms with Gasteiger partial charge in [0.25, 0.3) is 0 Å². The van der Waals surface area contributed by atoms with Gasteiger partial charge in [0.05, 0.1) is 11.2 Å². The summed E-state index contributed by atoms with van der Waals surface area (Å²) in [6.07, 6.45) is 3.36. The van der Waals surface area contributed by atoms with E-state index in [2.05, 4.69) is 37.0 Å². The van der Waals surface area contributed by atoms with E-state index >= 15 is 0 Å². The lowest BCUT2D eigenvalue weighted by Gasteiger charge is -2.35. The Morgan fingerprint density at radius 3 is 2.55 bits per heavy atom. The number of fused-ring (bicyclic) bond motifs is 1. The van der Waals surface area contributed by atoms with Crippen molar-refractivity contribution in [3.05, 3.63) is 54.4 Å². The molecule has 0 atom stereocenters. The maximum atomic E-state index is 12.4. The van der Waals surface area contributed by atoms with Crippen molar-refractivity contribution in [2.45, 2.75) is 6.54 Å². The van der Waals surface area contributed by atoms with Gasteiger partial charge >= 0.3 is 6.03 Å². The van der Waals surface area contributed by atoms with Crippen molar-refractivity contribution in [3.63, 3.8) is 0 Å². The van der Waals surface area contributed by atoms with Gasteiger partial charge in [0.2, 0.25) is 5.91 Å². The van der Waals surface area contributed by atoms with Gasteiger partial charge in [-0.25, -0.2) is 4.79 Å². The molecule has 3 heterocycles. The monoisotopic (exact) mass is 410 g/mol. The van der Waals surface area contributed by atoms with Gasteiger partial charge in [-0.2, -0.15) is 4.37 Å². The van der Waals surface area contributed by atoms with Crippen LogP contribution in [0.2, 0.25) is 0 Å². The minimum atomic E-state index is -0.220. The molecule has 0 aliphatic carbocycles. The Morgan fingerprint density at radius 2 is 1.76 bits per heavy atom. The summed E-state index contributed by atoms with van der Waals surface area (Å²) in [7, 11) is 0. The van der Waals surface area contributed by atoms with Crippen molar-refractivity contribution in [1.29, 1.82) is 0 Å². The van der Waals surface area contributed by atoms with Crippen molar-refractivity contribution in [2.75, 3.05) is 37.6 Å². The molecule has 3 aromatic rings. The third-order valence-electron chi connectivity index (χ3n) is 4.86. The lowest BCUT2D eigenvalue weighted by Crippen LogP contribution is -2.53. The van der Waals surface area contributed by atoms with Crippen LogP contribution in [0.25, 0.3) is 10.1 Å². The molecule has 3 amide bonds. The zero-order chi connectivity index (χ0) is 20.1. The Morgan fingerprint density at radius 1 is 1.00 bits per heavy atom. The van der Waals surface area contributed by atoms with Crippen LogP contribution in [0.15, 0.2) is 48.8 Å². The second kappa shape index (κ2) is 8.87. The van der Waals surface area contributed by atoms with Gasteiger partial charge in [-0.3, -0.25) is 9.78 Å². The number of rotatable bonds is 5. The molecule has 2 aromatic heterocycles. The summed E-state index contributed by atoms with van der Waals surface area (Å²) in [5, 5.41) is 6.64. The third kappa shape index (κ3) is 4.62. The molecule has 29 heavy (non-hydrogen) atoms. The van der Waals surface area contributed by atoms with Crippen molar-refractivity contribution in [1.82, 2.24) is 24.9 Å². The smallest absolute Gasteiger partial charge is 0.317 e. The van der Waals surface area contributed by atoms with E-state index in [4.69, 9.17) is 0 Å². The predicted molar refractivity (Wildman–Crippen MR) is 113 cm³/mol. The van der Waals surface area contributed by atoms with Crippen LogP contribution in [0.3, 0.4) is 0 Å². The van der Waals surface area contributed by atoms with Crippen molar-refractivity contribution < 1.29 is 9.59 Å². The number of hydrogen-bond donors (Lipinski definition) is 2. The highest BCUT2D eigenvalue weighted by Crippen LogP contribution is 2.29. The van der Waals surface area contributed by atoms with Crippen molar-refractivity contribution in [3.8, 4) is 0 Å². The average molecular weight is 411 g/mol. The third-order valence-corrected chi connectivity index (χ3v) is 5.68. The Balaban J connectivity index is 1.22. The van der Waals surface area contributed by atoms with Crippen molar-refractivity contribution in [2.24, 2.45) is 0 Å². The first-order valence-corrected chi connectivity index (χ1v) is 10.3. The largest absolute Gasteiger partial charge is 0.352 e. The van der Waals surface area contributed by atoms with Crippen LogP contribution in [0.1, 0.15) is 5.56 Å². The molecule has 0 bridgehead atoms. The minimum Gasteiger partial charge on any atom is -0.352 e. The maximum Gasteiger partial charge on any atom is 0.317 e. The number of carbonyl (C=O) groups excluding carboxylic acids is 2. The SMILES string of the molecule is O=C(CNC(=O)N1CCN(c2nsc3ccccc23)CC1)NCc1ccncc1. The van der Waals surface area contributed by atoms with Gasteiger partial charge in [0.15, 0.2) is 0 Å². The van der Waals surface area contributed by atoms with E-state index in [1.165, 1.54) is 16.2 Å². The summed E-state index contributed by atoms with van der Waals surface area (Å²) in [5.41, 5.74) is 0.963. The first kappa shape index (κ1) is 19.1. The Bertz CT molecular complexity index is 985. The van der Waals surface area contributed by atoms with Crippen LogP contribution in [0.5, 0.6) is 0 Å². The van der Waals surface area contributed by atoms with Crippen LogP contribution < -0.4 is 15.5 Å². The quantitative estimate of drug-likeness (QED) is 0.670. The van der Waals surface area contributed by atoms with E-state index in [0.717, 1.165) is 29.9 Å². The van der Waals surface area contributed by atoms with Crippen LogP contribution in [0, 0.1) is 0 Å². The zero-order valence-corrected chi connectivity index (χ0v) is 16.7. The number of amides is 3. The standard InChI is InChI=1S/C20H22N6O2S/c27-18(22-13-15-5-7-21-8-6-15)14-23-20(28)26-11-9-25(10-12-26)19-16-3-1-2-4-17(16)29-24-19/h1-8H,9-14H2,(H,22,27)(H,23,28). The summed E-state index contributed by atoms with van der Waals surface area (Å²) in [4.78, 5) is 32.2. The highest BCUT2D eigenvalue weighted by atomic mass is 32.1. The fourth-order valence-corrected chi connectivity index (χ4v) is 4.05. The summed E-state index contributed by atoms with van der Waals surface area (Å²) < 4.78 is 5.75. The number of anilines is 1. The van der Waals surface area contributed by atoms with Crippen molar-refractivity contribution >= 4 is 39.4 Å². The molecule has 0 radical (unpaired) electrons. The van der Waals surface area contributed by atoms with Gasteiger partial charge in [-0.1, -0.05) is 12.1 Å². The summed E-state index contributed by atoms with van der Waals surface area (Å²) in [5.74, 6) is 0.767. The summed E-state index contributed by atoms with van der Waals surface area (Å²) >= 11 is 1.50. The molecule has 0 unspecified atom stereocenters. The normalized spacial score (nSPS) is 14.1. The Labute approximate surface area is 172 Å². The number of nitrogens with zero attached hydrogens (tertiary/aromatic N) is 4. The van der Waals surface area contributed by atoms with Gasteiger partial charge < -0.3 is 20.4 Å². The molecule has 1 aliphatic heterocycles. The zero-order valence-electron chi connectivity index (χ0n) is 15.9. The predicted octanol–water partition coefficient (Wildman–Crippen LogP) is 1.84. The number of pyridine rings is 1. The molecule has 8 nitrogen and oxygen atoms in total. The second-order valence-corrected chi connectivity index (χ2v) is 7.57. The number of aromatic nitrogens is 2. The first-order valence-electron chi connectivity index (χ1n) is 9.48. The molecule has 1 saturated heterocycles. The summed E-state index contributed by atoms with van der Waals surface area (Å²) in [6.45, 7) is 3.00. The number of carbonyl (C=O) groups is 2. The van der Waals surface area contributed by atoms with E-state index in [-0.39, 0.29) is 18.5 Å². The van der Waals surface area contributed by atoms with Gasteiger partial charge in [-0.05, 0) is 41.4 Å². The number of piperazine rings is 1. The highest BCUT2D eigenvalue weighted by Gasteiger charge is 2.23. The first-order chi connectivity index (χ1) is 14.2. The maximum absolute atomic E-state index is 12.4. The molecule has 1 aliphatic rings. The molecular formula is C20H22N6O2S. The van der Waals surface area contributed by atoms with E-state index in [0.29, 0.717) is 19.6 Å². The molecule has 9 heteroatoms. The molecule has 4 rings (SSSR count). The number of nitrogens with one attached hydrogen (secondary N) is 2. The second-order valence-electron chi connectivity index (χ2n) is 6.77.